The van der Waals surface area contributed by atoms with Crippen LogP contribution in [0.2, 0.25) is 0 Å². The lowest BCUT2D eigenvalue weighted by Gasteiger charge is -2.21. The molecule has 1 atom stereocenters. The molecular formula is C15H19N3O2S. The van der Waals surface area contributed by atoms with Gasteiger partial charge in [0.2, 0.25) is 5.91 Å². The summed E-state index contributed by atoms with van der Waals surface area (Å²) in [5.41, 5.74) is 0.941. The number of aryl methyl sites for hydroxylation is 1. The van der Waals surface area contributed by atoms with E-state index in [0.29, 0.717) is 13.1 Å². The first-order chi connectivity index (χ1) is 10.2. The Balaban J connectivity index is 1.54. The van der Waals surface area contributed by atoms with Crippen molar-refractivity contribution in [2.24, 2.45) is 0 Å². The lowest BCUT2D eigenvalue weighted by molar-refractivity contribution is -0.122. The van der Waals surface area contributed by atoms with Crippen LogP contribution in [0.15, 0.2) is 28.1 Å². The Bertz CT molecular complexity index is 594. The summed E-state index contributed by atoms with van der Waals surface area (Å²) in [5.74, 6) is 0.884. The van der Waals surface area contributed by atoms with Gasteiger partial charge in [0.15, 0.2) is 0 Å². The molecule has 1 unspecified atom stereocenters. The molecule has 0 radical (unpaired) electrons. The highest BCUT2D eigenvalue weighted by Crippen LogP contribution is 2.30. The molecule has 0 aromatic carbocycles. The number of aromatic nitrogens is 1. The van der Waals surface area contributed by atoms with E-state index in [1.54, 1.807) is 11.3 Å². The van der Waals surface area contributed by atoms with Gasteiger partial charge < -0.3 is 9.84 Å². The van der Waals surface area contributed by atoms with E-state index in [1.807, 2.05) is 30.5 Å². The summed E-state index contributed by atoms with van der Waals surface area (Å²) in [6.07, 6.45) is 2.12. The fourth-order valence-corrected chi connectivity index (χ4v) is 3.38. The van der Waals surface area contributed by atoms with E-state index >= 15 is 0 Å². The third kappa shape index (κ3) is 3.51. The van der Waals surface area contributed by atoms with Crippen molar-refractivity contribution in [3.05, 3.63) is 39.9 Å². The summed E-state index contributed by atoms with van der Waals surface area (Å²) < 4.78 is 5.15. The van der Waals surface area contributed by atoms with Gasteiger partial charge in [0.25, 0.3) is 0 Å². The molecule has 5 nitrogen and oxygen atoms in total. The molecular weight excluding hydrogens is 286 g/mol. The highest BCUT2D eigenvalue weighted by Gasteiger charge is 2.29. The van der Waals surface area contributed by atoms with Crippen LogP contribution in [0.1, 0.15) is 35.2 Å². The number of carbonyl (C=O) groups is 1. The Morgan fingerprint density at radius 1 is 1.62 bits per heavy atom. The summed E-state index contributed by atoms with van der Waals surface area (Å²) in [6, 6.07) is 6.19. The van der Waals surface area contributed by atoms with Crippen LogP contribution < -0.4 is 5.32 Å². The highest BCUT2D eigenvalue weighted by molar-refractivity contribution is 7.09. The van der Waals surface area contributed by atoms with E-state index in [9.17, 15) is 4.79 Å². The van der Waals surface area contributed by atoms with E-state index in [2.05, 4.69) is 15.4 Å². The number of hydrogen-bond donors (Lipinski definition) is 1. The molecule has 1 N–H and O–H groups in total. The minimum Gasteiger partial charge on any atom is -0.361 e. The standard InChI is InChI=1S/C15H19N3O2S/c1-11-8-13(17-20-11)14-5-2-6-18(14)10-15(19)16-9-12-4-3-7-21-12/h3-4,7-8,14H,2,5-6,9-10H2,1H3,(H,16,19). The second-order valence-corrected chi connectivity index (χ2v) is 6.38. The smallest absolute Gasteiger partial charge is 0.234 e. The second-order valence-electron chi connectivity index (χ2n) is 5.35. The van der Waals surface area contributed by atoms with Crippen LogP contribution in [0.3, 0.4) is 0 Å². The first-order valence-corrected chi connectivity index (χ1v) is 8.06. The van der Waals surface area contributed by atoms with Gasteiger partial charge in [-0.1, -0.05) is 11.2 Å². The van der Waals surface area contributed by atoms with Crippen LogP contribution >= 0.6 is 11.3 Å². The second kappa shape index (κ2) is 6.41. The molecule has 21 heavy (non-hydrogen) atoms. The number of thiophene rings is 1. The SMILES string of the molecule is Cc1cc(C2CCCN2CC(=O)NCc2cccs2)no1. The van der Waals surface area contributed by atoms with Crippen molar-refractivity contribution in [3.63, 3.8) is 0 Å². The van der Waals surface area contributed by atoms with Crippen molar-refractivity contribution >= 4 is 17.2 Å². The number of nitrogens with zero attached hydrogens (tertiary/aromatic N) is 2. The zero-order valence-electron chi connectivity index (χ0n) is 12.0. The maximum atomic E-state index is 12.1. The van der Waals surface area contributed by atoms with E-state index < -0.39 is 0 Å². The maximum absolute atomic E-state index is 12.1. The zero-order chi connectivity index (χ0) is 14.7. The Kier molecular flexibility index (Phi) is 4.36. The molecule has 0 aliphatic carbocycles. The summed E-state index contributed by atoms with van der Waals surface area (Å²) in [4.78, 5) is 15.4. The monoisotopic (exact) mass is 305 g/mol. The molecule has 1 fully saturated rings. The normalized spacial score (nSPS) is 19.0. The minimum absolute atomic E-state index is 0.0653. The fraction of sp³-hybridized carbons (Fsp3) is 0.467. The van der Waals surface area contributed by atoms with Crippen molar-refractivity contribution in [2.45, 2.75) is 32.4 Å². The number of carbonyl (C=O) groups excluding carboxylic acids is 1. The fourth-order valence-electron chi connectivity index (χ4n) is 2.73. The van der Waals surface area contributed by atoms with Gasteiger partial charge in [-0.15, -0.1) is 11.3 Å². The summed E-state index contributed by atoms with van der Waals surface area (Å²) in [7, 11) is 0. The lowest BCUT2D eigenvalue weighted by Crippen LogP contribution is -2.36. The van der Waals surface area contributed by atoms with E-state index in [-0.39, 0.29) is 11.9 Å². The van der Waals surface area contributed by atoms with Crippen LogP contribution in [-0.4, -0.2) is 29.1 Å². The summed E-state index contributed by atoms with van der Waals surface area (Å²) in [6.45, 7) is 3.85. The first-order valence-electron chi connectivity index (χ1n) is 7.19. The molecule has 1 aliphatic rings. The van der Waals surface area contributed by atoms with Crippen LogP contribution in [-0.2, 0) is 11.3 Å². The van der Waals surface area contributed by atoms with Crippen LogP contribution in [0.25, 0.3) is 0 Å². The molecule has 0 bridgehead atoms. The van der Waals surface area contributed by atoms with Gasteiger partial charge in [0.1, 0.15) is 11.5 Å². The Morgan fingerprint density at radius 2 is 2.52 bits per heavy atom. The molecule has 1 amide bonds. The predicted molar refractivity (Wildman–Crippen MR) is 81.0 cm³/mol. The Hall–Kier alpha value is -1.66. The Morgan fingerprint density at radius 3 is 3.24 bits per heavy atom. The van der Waals surface area contributed by atoms with Gasteiger partial charge >= 0.3 is 0 Å². The van der Waals surface area contributed by atoms with Gasteiger partial charge in [0, 0.05) is 10.9 Å². The van der Waals surface area contributed by atoms with Gasteiger partial charge in [-0.3, -0.25) is 9.69 Å². The highest BCUT2D eigenvalue weighted by atomic mass is 32.1. The number of likely N-dealkylation sites (tertiary alicyclic amines) is 1. The lowest BCUT2D eigenvalue weighted by atomic mass is 10.1. The van der Waals surface area contributed by atoms with Gasteiger partial charge in [-0.25, -0.2) is 0 Å². The van der Waals surface area contributed by atoms with Crippen LogP contribution in [0.5, 0.6) is 0 Å². The van der Waals surface area contributed by atoms with E-state index in [1.165, 1.54) is 4.88 Å². The van der Waals surface area contributed by atoms with Gasteiger partial charge in [-0.05, 0) is 37.8 Å². The maximum Gasteiger partial charge on any atom is 0.234 e. The quantitative estimate of drug-likeness (QED) is 0.922. The summed E-state index contributed by atoms with van der Waals surface area (Å²) in [5, 5.41) is 9.09. The molecule has 1 saturated heterocycles. The van der Waals surface area contributed by atoms with Crippen molar-refractivity contribution in [1.29, 1.82) is 0 Å². The summed E-state index contributed by atoms with van der Waals surface area (Å²) >= 11 is 1.66. The molecule has 0 saturated carbocycles. The van der Waals surface area contributed by atoms with E-state index in [4.69, 9.17) is 4.52 Å². The van der Waals surface area contributed by atoms with Crippen molar-refractivity contribution in [1.82, 2.24) is 15.4 Å². The number of rotatable bonds is 5. The average Bonchev–Trinajstić information content (AvgIpc) is 3.17. The van der Waals surface area contributed by atoms with Crippen LogP contribution in [0.4, 0.5) is 0 Å². The largest absolute Gasteiger partial charge is 0.361 e. The van der Waals surface area contributed by atoms with Gasteiger partial charge in [-0.2, -0.15) is 0 Å². The van der Waals surface area contributed by atoms with Crippen LogP contribution in [0, 0.1) is 6.92 Å². The predicted octanol–water partition coefficient (Wildman–Crippen LogP) is 2.50. The zero-order valence-corrected chi connectivity index (χ0v) is 12.9. The molecule has 2 aromatic rings. The van der Waals surface area contributed by atoms with Crippen molar-refractivity contribution in [3.8, 4) is 0 Å². The third-order valence-electron chi connectivity index (χ3n) is 3.74. The third-order valence-corrected chi connectivity index (χ3v) is 4.61. The molecule has 112 valence electrons. The molecule has 3 heterocycles. The Labute approximate surface area is 127 Å². The number of nitrogens with one attached hydrogen (secondary N) is 1. The molecule has 2 aromatic heterocycles. The van der Waals surface area contributed by atoms with Crippen molar-refractivity contribution in [2.75, 3.05) is 13.1 Å². The number of amides is 1. The van der Waals surface area contributed by atoms with E-state index in [0.717, 1.165) is 30.8 Å². The first kappa shape index (κ1) is 14.3. The molecule has 0 spiro atoms. The number of hydrogen-bond acceptors (Lipinski definition) is 5. The van der Waals surface area contributed by atoms with Crippen molar-refractivity contribution < 1.29 is 9.32 Å². The molecule has 6 heteroatoms. The molecule has 1 aliphatic heterocycles. The van der Waals surface area contributed by atoms with Gasteiger partial charge in [0.05, 0.1) is 19.1 Å². The molecule has 3 rings (SSSR count). The topological polar surface area (TPSA) is 58.4 Å². The minimum atomic E-state index is 0.0653. The average molecular weight is 305 g/mol.